The maximum atomic E-state index is 6.18. The summed E-state index contributed by atoms with van der Waals surface area (Å²) in [5.74, 6) is 0.737. The molecule has 0 aliphatic heterocycles. The first-order valence-corrected chi connectivity index (χ1v) is 10.1. The van der Waals surface area contributed by atoms with Gasteiger partial charge in [-0.3, -0.25) is 0 Å². The van der Waals surface area contributed by atoms with Gasteiger partial charge in [0.05, 0.1) is 21.6 Å². The van der Waals surface area contributed by atoms with Crippen LogP contribution in [0.25, 0.3) is 10.2 Å². The van der Waals surface area contributed by atoms with E-state index < -0.39 is 0 Å². The monoisotopic (exact) mass is 475 g/mol. The van der Waals surface area contributed by atoms with E-state index >= 15 is 0 Å². The molecule has 1 heterocycles. The number of nitrogens with zero attached hydrogens (tertiary/aromatic N) is 1. The zero-order chi connectivity index (χ0) is 18.6. The van der Waals surface area contributed by atoms with E-state index in [1.807, 2.05) is 48.5 Å². The number of aromatic nitrogens is 1. The van der Waals surface area contributed by atoms with E-state index in [1.165, 1.54) is 10.3 Å². The van der Waals surface area contributed by atoms with Crippen LogP contribution in [0.2, 0.25) is 0 Å². The largest absolute Gasteiger partial charge is 0.486 e. The van der Waals surface area contributed by atoms with E-state index in [-0.39, 0.29) is 12.4 Å². The fraction of sp³-hybridized carbons (Fsp3) is 0.0952. The summed E-state index contributed by atoms with van der Waals surface area (Å²) in [5, 5.41) is 4.31. The molecule has 4 aromatic rings. The van der Waals surface area contributed by atoms with Crippen LogP contribution in [-0.2, 0) is 13.2 Å². The van der Waals surface area contributed by atoms with Crippen molar-refractivity contribution in [3.05, 3.63) is 81.8 Å². The molecule has 0 radical (unpaired) electrons. The number of fused-ring (bicyclic) bond motifs is 1. The number of ether oxygens (including phenoxy) is 1. The number of rotatable bonds is 6. The third-order valence-electron chi connectivity index (χ3n) is 4.12. The lowest BCUT2D eigenvalue weighted by atomic mass is 10.2. The normalized spacial score (nSPS) is 10.5. The molecule has 0 saturated carbocycles. The van der Waals surface area contributed by atoms with Crippen molar-refractivity contribution in [2.24, 2.45) is 0 Å². The Hall–Kier alpha value is -2.28. The van der Waals surface area contributed by atoms with E-state index in [2.05, 4.69) is 44.4 Å². The second kappa shape index (κ2) is 9.28. The van der Waals surface area contributed by atoms with E-state index in [1.54, 1.807) is 11.3 Å². The average Bonchev–Trinajstić information content (AvgIpc) is 3.10. The van der Waals surface area contributed by atoms with Crippen molar-refractivity contribution in [2.45, 2.75) is 13.2 Å². The molecule has 3 N–H and O–H groups in total. The Morgan fingerprint density at radius 3 is 2.57 bits per heavy atom. The van der Waals surface area contributed by atoms with Crippen molar-refractivity contribution < 1.29 is 4.74 Å². The predicted octanol–water partition coefficient (Wildman–Crippen LogP) is 6.25. The number of hydrogen-bond acceptors (Lipinski definition) is 5. The zero-order valence-electron chi connectivity index (χ0n) is 14.9. The van der Waals surface area contributed by atoms with Gasteiger partial charge in [0, 0.05) is 17.1 Å². The number of benzene rings is 3. The lowest BCUT2D eigenvalue weighted by molar-refractivity contribution is 0.306. The Balaban J connectivity index is 0.00000225. The van der Waals surface area contributed by atoms with Crippen molar-refractivity contribution in [1.82, 2.24) is 4.98 Å². The van der Waals surface area contributed by atoms with Crippen LogP contribution in [0.4, 0.5) is 11.4 Å². The Kier molecular flexibility index (Phi) is 6.78. The molecule has 0 spiro atoms. The van der Waals surface area contributed by atoms with Gasteiger partial charge in [0.25, 0.3) is 0 Å². The van der Waals surface area contributed by atoms with Gasteiger partial charge in [0.2, 0.25) is 0 Å². The van der Waals surface area contributed by atoms with Gasteiger partial charge in [0.1, 0.15) is 17.4 Å². The molecule has 0 aliphatic rings. The molecule has 7 heteroatoms. The lowest BCUT2D eigenvalue weighted by Crippen LogP contribution is -2.03. The van der Waals surface area contributed by atoms with Crippen LogP contribution < -0.4 is 15.8 Å². The van der Waals surface area contributed by atoms with Gasteiger partial charge in [-0.05, 0) is 42.0 Å². The second-order valence-electron chi connectivity index (χ2n) is 6.09. The summed E-state index contributed by atoms with van der Waals surface area (Å²) in [6.07, 6.45) is 0. The number of nitrogens with one attached hydrogen (secondary N) is 1. The van der Waals surface area contributed by atoms with Crippen LogP contribution in [-0.4, -0.2) is 4.98 Å². The molecule has 28 heavy (non-hydrogen) atoms. The fourth-order valence-electron chi connectivity index (χ4n) is 2.72. The summed E-state index contributed by atoms with van der Waals surface area (Å²) in [6.45, 7) is 1.15. The first-order chi connectivity index (χ1) is 13.2. The molecule has 1 aromatic heterocycles. The molecule has 0 unspecified atom stereocenters. The van der Waals surface area contributed by atoms with Gasteiger partial charge >= 0.3 is 0 Å². The standard InChI is InChI=1S/C21H18BrN3OS.ClH/c22-15-7-5-14(6-8-15)12-24-18-10-9-16(11-17(18)23)26-13-21-25-19-3-1-2-4-20(19)27-21;/h1-11,24H,12-13,23H2;1H. The summed E-state index contributed by atoms with van der Waals surface area (Å²) < 4.78 is 8.11. The maximum Gasteiger partial charge on any atom is 0.140 e. The van der Waals surface area contributed by atoms with Crippen LogP contribution >= 0.6 is 39.7 Å². The van der Waals surface area contributed by atoms with Crippen molar-refractivity contribution in [3.8, 4) is 5.75 Å². The average molecular weight is 477 g/mol. The second-order valence-corrected chi connectivity index (χ2v) is 8.12. The van der Waals surface area contributed by atoms with Crippen LogP contribution in [0.3, 0.4) is 0 Å². The topological polar surface area (TPSA) is 60.2 Å². The van der Waals surface area contributed by atoms with Crippen molar-refractivity contribution in [3.63, 3.8) is 0 Å². The molecule has 0 atom stereocenters. The molecule has 0 aliphatic carbocycles. The number of hydrogen-bond donors (Lipinski definition) is 2. The predicted molar refractivity (Wildman–Crippen MR) is 124 cm³/mol. The first-order valence-electron chi connectivity index (χ1n) is 8.52. The lowest BCUT2D eigenvalue weighted by Gasteiger charge is -2.11. The summed E-state index contributed by atoms with van der Waals surface area (Å²) in [4.78, 5) is 4.58. The van der Waals surface area contributed by atoms with Crippen LogP contribution in [0.15, 0.2) is 71.2 Å². The molecule has 0 amide bonds. The van der Waals surface area contributed by atoms with Crippen molar-refractivity contribution in [1.29, 1.82) is 0 Å². The van der Waals surface area contributed by atoms with E-state index in [9.17, 15) is 0 Å². The van der Waals surface area contributed by atoms with Crippen LogP contribution in [0.1, 0.15) is 10.6 Å². The third-order valence-corrected chi connectivity index (χ3v) is 5.66. The van der Waals surface area contributed by atoms with E-state index in [0.29, 0.717) is 18.8 Å². The Bertz CT molecular complexity index is 1040. The number of halogens is 2. The smallest absolute Gasteiger partial charge is 0.140 e. The minimum absolute atomic E-state index is 0. The minimum atomic E-state index is 0. The van der Waals surface area contributed by atoms with Gasteiger partial charge < -0.3 is 15.8 Å². The minimum Gasteiger partial charge on any atom is -0.486 e. The number of thiazole rings is 1. The summed E-state index contributed by atoms with van der Waals surface area (Å²) >= 11 is 5.09. The Labute approximate surface area is 182 Å². The Morgan fingerprint density at radius 1 is 1.04 bits per heavy atom. The SMILES string of the molecule is Cl.Nc1cc(OCc2nc3ccccc3s2)ccc1NCc1ccc(Br)cc1. The maximum absolute atomic E-state index is 6.18. The van der Waals surface area contributed by atoms with Gasteiger partial charge in [-0.15, -0.1) is 23.7 Å². The van der Waals surface area contributed by atoms with E-state index in [0.717, 1.165) is 26.4 Å². The third kappa shape index (κ3) is 4.95. The quantitative estimate of drug-likeness (QED) is 0.323. The number of anilines is 2. The fourth-order valence-corrected chi connectivity index (χ4v) is 3.86. The van der Waals surface area contributed by atoms with Gasteiger partial charge in [0.15, 0.2) is 0 Å². The molecule has 0 fully saturated rings. The number of nitrogens with two attached hydrogens (primary N) is 1. The molecular weight excluding hydrogens is 458 g/mol. The first kappa shape index (κ1) is 20.5. The summed E-state index contributed by atoms with van der Waals surface area (Å²) in [5.41, 5.74) is 9.93. The molecule has 144 valence electrons. The van der Waals surface area contributed by atoms with Gasteiger partial charge in [-0.25, -0.2) is 4.98 Å². The summed E-state index contributed by atoms with van der Waals surface area (Å²) in [6, 6.07) is 22.0. The summed E-state index contributed by atoms with van der Waals surface area (Å²) in [7, 11) is 0. The molecule has 0 bridgehead atoms. The van der Waals surface area contributed by atoms with Gasteiger partial charge in [-0.1, -0.05) is 40.2 Å². The molecule has 4 rings (SSSR count). The highest BCUT2D eigenvalue weighted by Crippen LogP contribution is 2.27. The van der Waals surface area contributed by atoms with Crippen LogP contribution in [0.5, 0.6) is 5.75 Å². The molecular formula is C21H19BrClN3OS. The molecule has 0 saturated heterocycles. The van der Waals surface area contributed by atoms with Crippen LogP contribution in [0, 0.1) is 0 Å². The highest BCUT2D eigenvalue weighted by molar-refractivity contribution is 9.10. The van der Waals surface area contributed by atoms with Crippen molar-refractivity contribution >= 4 is 61.3 Å². The highest BCUT2D eigenvalue weighted by Gasteiger charge is 2.06. The van der Waals surface area contributed by atoms with Gasteiger partial charge in [-0.2, -0.15) is 0 Å². The zero-order valence-corrected chi connectivity index (χ0v) is 18.1. The number of nitrogen functional groups attached to an aromatic ring is 1. The van der Waals surface area contributed by atoms with E-state index in [4.69, 9.17) is 10.5 Å². The highest BCUT2D eigenvalue weighted by atomic mass is 79.9. The number of para-hydroxylation sites is 1. The molecule has 4 nitrogen and oxygen atoms in total. The molecule has 3 aromatic carbocycles. The van der Waals surface area contributed by atoms with Crippen molar-refractivity contribution in [2.75, 3.05) is 11.1 Å². The Morgan fingerprint density at radius 2 is 1.82 bits per heavy atom.